The molecule has 1 atom stereocenters. The predicted octanol–water partition coefficient (Wildman–Crippen LogP) is 2.23. The molecule has 4 rings (SSSR count). The van der Waals surface area contributed by atoms with Crippen LogP contribution in [-0.4, -0.2) is 43.9 Å². The van der Waals surface area contributed by atoms with Gasteiger partial charge in [0.1, 0.15) is 11.6 Å². The Kier molecular flexibility index (Phi) is 5.64. The fourth-order valence-electron chi connectivity index (χ4n) is 3.49. The van der Waals surface area contributed by atoms with Crippen molar-refractivity contribution >= 4 is 29.4 Å². The number of hydrogen-bond donors (Lipinski definition) is 2. The maximum Gasteiger partial charge on any atom is 0.255 e. The van der Waals surface area contributed by atoms with E-state index in [-0.39, 0.29) is 17.8 Å². The number of amides is 2. The van der Waals surface area contributed by atoms with E-state index in [9.17, 15) is 9.59 Å². The maximum atomic E-state index is 12.5. The third-order valence-electron chi connectivity index (χ3n) is 4.73. The van der Waals surface area contributed by atoms with Gasteiger partial charge in [-0.3, -0.25) is 9.59 Å². The molecule has 2 aromatic heterocycles. The monoisotopic (exact) mass is 438 g/mol. The van der Waals surface area contributed by atoms with Gasteiger partial charge in [-0.05, 0) is 44.5 Å². The molecule has 1 aliphatic heterocycles. The number of nitrogens with one attached hydrogen (secondary N) is 1. The summed E-state index contributed by atoms with van der Waals surface area (Å²) in [6, 6.07) is 9.28. The van der Waals surface area contributed by atoms with E-state index in [1.807, 2.05) is 39.0 Å². The molecular weight excluding hydrogens is 416 g/mol. The molecule has 0 spiro atoms. The fraction of sp³-hybridized carbons (Fsp3) is 0.286. The van der Waals surface area contributed by atoms with Crippen molar-refractivity contribution in [1.82, 2.24) is 19.7 Å². The molecule has 10 heteroatoms. The minimum Gasteiger partial charge on any atom is -0.484 e. The summed E-state index contributed by atoms with van der Waals surface area (Å²) in [7, 11) is 0. The van der Waals surface area contributed by atoms with E-state index in [2.05, 4.69) is 20.4 Å². The van der Waals surface area contributed by atoms with Gasteiger partial charge in [0, 0.05) is 17.0 Å². The van der Waals surface area contributed by atoms with E-state index >= 15 is 0 Å². The lowest BCUT2D eigenvalue weighted by molar-refractivity contribution is -0.120. The first kappa shape index (κ1) is 20.9. The number of fused-ring (bicyclic) bond motifs is 1. The van der Waals surface area contributed by atoms with Crippen molar-refractivity contribution in [2.45, 2.75) is 26.0 Å². The zero-order chi connectivity index (χ0) is 22.1. The number of ether oxygens (including phenoxy) is 1. The Morgan fingerprint density at radius 3 is 2.55 bits per heavy atom. The summed E-state index contributed by atoms with van der Waals surface area (Å²) in [5.41, 5.74) is 9.45. The molecule has 0 aliphatic carbocycles. The van der Waals surface area contributed by atoms with E-state index in [1.54, 1.807) is 16.8 Å². The van der Waals surface area contributed by atoms with Gasteiger partial charge in [-0.25, -0.2) is 9.97 Å². The lowest BCUT2D eigenvalue weighted by Crippen LogP contribution is -2.19. The molecule has 0 bridgehead atoms. The summed E-state index contributed by atoms with van der Waals surface area (Å²) in [4.78, 5) is 32.4. The van der Waals surface area contributed by atoms with Gasteiger partial charge >= 0.3 is 0 Å². The molecule has 0 fully saturated rings. The molecule has 0 radical (unpaired) electrons. The number of aromatic nitrogens is 4. The summed E-state index contributed by atoms with van der Waals surface area (Å²) in [6.07, 6.45) is 0. The molecule has 31 heavy (non-hydrogen) atoms. The number of anilines is 1. The van der Waals surface area contributed by atoms with Gasteiger partial charge in [0.05, 0.1) is 16.7 Å². The maximum absolute atomic E-state index is 12.5. The van der Waals surface area contributed by atoms with Gasteiger partial charge in [0.25, 0.3) is 11.9 Å². The highest BCUT2D eigenvalue weighted by Gasteiger charge is 2.31. The van der Waals surface area contributed by atoms with Gasteiger partial charge < -0.3 is 15.8 Å². The molecule has 0 saturated heterocycles. The molecular formula is C21H22N6O3S. The molecule has 3 N–H and O–H groups in total. The van der Waals surface area contributed by atoms with Crippen molar-refractivity contribution in [3.05, 3.63) is 58.5 Å². The third kappa shape index (κ3) is 4.38. The van der Waals surface area contributed by atoms with Crippen LogP contribution >= 0.6 is 11.8 Å². The summed E-state index contributed by atoms with van der Waals surface area (Å²) >= 11 is 1.52. The van der Waals surface area contributed by atoms with Gasteiger partial charge in [-0.2, -0.15) is 9.78 Å². The molecule has 1 unspecified atom stereocenters. The Morgan fingerprint density at radius 2 is 1.90 bits per heavy atom. The first-order valence-electron chi connectivity index (χ1n) is 9.66. The summed E-state index contributed by atoms with van der Waals surface area (Å²) in [5.74, 6) is 1.20. The summed E-state index contributed by atoms with van der Waals surface area (Å²) in [6.45, 7) is 5.52. The average Bonchev–Trinajstić information content (AvgIpc) is 2.92. The van der Waals surface area contributed by atoms with Crippen LogP contribution in [0.1, 0.15) is 33.5 Å². The lowest BCUT2D eigenvalue weighted by Gasteiger charge is -2.16. The number of nitrogens with two attached hydrogens (primary N) is 1. The second kappa shape index (κ2) is 8.38. The molecule has 1 aliphatic rings. The van der Waals surface area contributed by atoms with Gasteiger partial charge in [0.15, 0.2) is 6.61 Å². The number of carbonyl (C=O) groups is 2. The molecule has 2 amide bonds. The Hall–Kier alpha value is -3.40. The van der Waals surface area contributed by atoms with Crippen LogP contribution < -0.4 is 15.8 Å². The molecule has 3 aromatic rings. The highest BCUT2D eigenvalue weighted by atomic mass is 32.2. The van der Waals surface area contributed by atoms with Crippen LogP contribution in [0.5, 0.6) is 5.75 Å². The zero-order valence-corrected chi connectivity index (χ0v) is 18.2. The van der Waals surface area contributed by atoms with Crippen LogP contribution in [0.2, 0.25) is 0 Å². The van der Waals surface area contributed by atoms with Crippen molar-refractivity contribution in [2.24, 2.45) is 5.73 Å². The smallest absolute Gasteiger partial charge is 0.255 e. The van der Waals surface area contributed by atoms with Crippen molar-refractivity contribution in [1.29, 1.82) is 0 Å². The zero-order valence-electron chi connectivity index (χ0n) is 17.4. The number of aryl methyl sites for hydroxylation is 3. The highest BCUT2D eigenvalue weighted by Crippen LogP contribution is 2.43. The first-order valence-corrected chi connectivity index (χ1v) is 10.7. The average molecular weight is 439 g/mol. The topological polar surface area (TPSA) is 125 Å². The lowest BCUT2D eigenvalue weighted by atomic mass is 10.0. The van der Waals surface area contributed by atoms with Crippen LogP contribution in [-0.2, 0) is 9.59 Å². The third-order valence-corrected chi connectivity index (χ3v) is 6.00. The number of nitrogens with zero attached hydrogens (tertiary/aromatic N) is 4. The standard InChI is InChI=1S/C21H22N6O3S/c1-11-8-12(2)24-21(23-11)27-20-18(13(3)26-27)19(31-10-17(29)25-20)14-4-6-15(7-5-14)30-9-16(22)28/h4-8,19H,9-10H2,1-3H3,(H2,22,28)(H,25,29). The van der Waals surface area contributed by atoms with Gasteiger partial charge in [-0.15, -0.1) is 11.8 Å². The van der Waals surface area contributed by atoms with Crippen LogP contribution in [0, 0.1) is 20.8 Å². The molecule has 1 aromatic carbocycles. The van der Waals surface area contributed by atoms with Gasteiger partial charge in [-0.1, -0.05) is 12.1 Å². The summed E-state index contributed by atoms with van der Waals surface area (Å²) < 4.78 is 6.95. The Balaban J connectivity index is 1.75. The van der Waals surface area contributed by atoms with Crippen molar-refractivity contribution in [3.8, 4) is 11.7 Å². The number of thioether (sulfide) groups is 1. The summed E-state index contributed by atoms with van der Waals surface area (Å²) in [5, 5.41) is 7.50. The van der Waals surface area contributed by atoms with Crippen molar-refractivity contribution < 1.29 is 14.3 Å². The van der Waals surface area contributed by atoms with E-state index in [4.69, 9.17) is 10.5 Å². The van der Waals surface area contributed by atoms with Crippen molar-refractivity contribution in [3.63, 3.8) is 0 Å². The number of rotatable bonds is 5. The predicted molar refractivity (Wildman–Crippen MR) is 117 cm³/mol. The minimum absolute atomic E-state index is 0.110. The molecule has 9 nitrogen and oxygen atoms in total. The molecule has 0 saturated carbocycles. The normalized spacial score (nSPS) is 15.7. The Bertz CT molecular complexity index is 1140. The van der Waals surface area contributed by atoms with E-state index < -0.39 is 5.91 Å². The number of primary amides is 1. The van der Waals surface area contributed by atoms with E-state index in [1.165, 1.54) is 11.8 Å². The first-order chi connectivity index (χ1) is 14.8. The van der Waals surface area contributed by atoms with Gasteiger partial charge in [0.2, 0.25) is 5.91 Å². The second-order valence-electron chi connectivity index (χ2n) is 7.27. The van der Waals surface area contributed by atoms with Crippen LogP contribution in [0.15, 0.2) is 30.3 Å². The SMILES string of the molecule is Cc1cc(C)nc(-n2nc(C)c3c2NC(=O)CSC3c2ccc(OCC(N)=O)cc2)n1. The van der Waals surface area contributed by atoms with E-state index in [0.717, 1.165) is 28.2 Å². The second-order valence-corrected chi connectivity index (χ2v) is 8.37. The van der Waals surface area contributed by atoms with Crippen LogP contribution in [0.25, 0.3) is 5.95 Å². The number of hydrogen-bond acceptors (Lipinski definition) is 7. The Morgan fingerprint density at radius 1 is 1.23 bits per heavy atom. The van der Waals surface area contributed by atoms with E-state index in [0.29, 0.717) is 23.3 Å². The quantitative estimate of drug-likeness (QED) is 0.626. The minimum atomic E-state index is -0.533. The van der Waals surface area contributed by atoms with Crippen LogP contribution in [0.3, 0.4) is 0 Å². The largest absolute Gasteiger partial charge is 0.484 e. The molecule has 3 heterocycles. The fourth-order valence-corrected chi connectivity index (χ4v) is 4.68. The van der Waals surface area contributed by atoms with Crippen LogP contribution in [0.4, 0.5) is 5.82 Å². The Labute approximate surface area is 183 Å². The molecule has 160 valence electrons. The number of benzene rings is 1. The number of carbonyl (C=O) groups excluding carboxylic acids is 2. The van der Waals surface area contributed by atoms with Crippen molar-refractivity contribution in [2.75, 3.05) is 17.7 Å². The highest BCUT2D eigenvalue weighted by molar-refractivity contribution is 8.00.